The Morgan fingerprint density at radius 3 is 1.50 bits per heavy atom. The van der Waals surface area contributed by atoms with Gasteiger partial charge in [-0.1, -0.05) is 24.3 Å². The molecule has 7 amide bonds. The van der Waals surface area contributed by atoms with Crippen LogP contribution in [-0.2, 0) is 70.2 Å². The van der Waals surface area contributed by atoms with Gasteiger partial charge in [-0.25, -0.2) is 10.9 Å². The number of phenolic OH excluding ortho intramolecular Hbond substituents is 4. The molecule has 5 unspecified atom stereocenters. The van der Waals surface area contributed by atoms with Gasteiger partial charge in [0.25, 0.3) is 11.8 Å². The molecule has 2 saturated heterocycles. The van der Waals surface area contributed by atoms with Gasteiger partial charge in [0.15, 0.2) is 17.9 Å². The summed E-state index contributed by atoms with van der Waals surface area (Å²) in [6.45, 7) is 5.75. The summed E-state index contributed by atoms with van der Waals surface area (Å²) in [5.74, 6) is -7.41. The van der Waals surface area contributed by atoms with E-state index in [4.69, 9.17) is 29.4 Å². The number of phenols is 4. The number of nitrogens with zero attached hydrogens (tertiary/aromatic N) is 4. The van der Waals surface area contributed by atoms with E-state index in [-0.39, 0.29) is 131 Å². The van der Waals surface area contributed by atoms with E-state index in [0.717, 1.165) is 22.0 Å². The summed E-state index contributed by atoms with van der Waals surface area (Å²) in [6.07, 6.45) is -5.29. The fraction of sp³-hybridized carbons (Fsp3) is 0.468. The maximum atomic E-state index is 13.9. The number of hydrogen-bond acceptors (Lipinski definition) is 33. The SMILES string of the molecule is CC(=O)CCS.CC(=O)CCS.CNC(=O)CCSC1CC(=O)N(CCC(=O)N/N=C(\CO)[C@]2(O)Cc3c(O)c4c(c(O)c3[C@@H](OC(C)C)C2)C(=O)c2c(OC)cccc2C4=O)C1=O.COc1cccc2c1C(=O)c1c(O)c3c(c(O)c1C2=O)C[C@@](O)(/C(CO)=N/NC(=O)CCN1C(=O)C=CC1=O)C[C@@H]3OC1CC(N)C(O)C(C)O1. The molecule has 14 N–H and O–H groups in total. The quantitative estimate of drug-likeness (QED) is 0.0121. The number of aliphatic hydroxyl groups excluding tert-OH is 3. The molecule has 2 fully saturated rings. The average Bonchev–Trinajstić information content (AvgIpc) is 1.00. The number of aliphatic hydroxyl groups is 5. The number of hydrazone groups is 2. The molecule has 0 spiro atoms. The molecule has 3 heterocycles. The Morgan fingerprint density at radius 2 is 1.09 bits per heavy atom. The molecular formula is C77H92N8O27S3. The number of benzene rings is 4. The van der Waals surface area contributed by atoms with Crippen LogP contribution in [0.3, 0.4) is 0 Å². The van der Waals surface area contributed by atoms with Gasteiger partial charge in [0, 0.05) is 148 Å². The van der Waals surface area contributed by atoms with Crippen LogP contribution in [-0.4, -0.2) is 255 Å². The number of carbonyl (C=O) groups is 13. The third-order valence-electron chi connectivity index (χ3n) is 19.7. The number of hydrogen-bond donors (Lipinski definition) is 15. The molecule has 620 valence electrons. The van der Waals surface area contributed by atoms with Crippen LogP contribution >= 0.6 is 37.0 Å². The number of Topliss-reactive ketones (excluding diaryl/α,β-unsaturated/α-hetero) is 2. The molecule has 38 heteroatoms. The van der Waals surface area contributed by atoms with E-state index in [2.05, 4.69) is 51.6 Å². The molecule has 0 bridgehead atoms. The van der Waals surface area contributed by atoms with Crippen molar-refractivity contribution in [2.45, 2.75) is 165 Å². The highest BCUT2D eigenvalue weighted by molar-refractivity contribution is 8.00. The number of imide groups is 2. The van der Waals surface area contributed by atoms with Crippen molar-refractivity contribution >= 4 is 124 Å². The number of amides is 7. The molecule has 11 rings (SSSR count). The van der Waals surface area contributed by atoms with Gasteiger partial charge in [0.1, 0.15) is 57.3 Å². The van der Waals surface area contributed by atoms with Gasteiger partial charge >= 0.3 is 0 Å². The molecule has 7 aliphatic rings. The minimum Gasteiger partial charge on any atom is -0.507 e. The fourth-order valence-electron chi connectivity index (χ4n) is 14.0. The predicted octanol–water partition coefficient (Wildman–Crippen LogP) is 1.89. The van der Waals surface area contributed by atoms with Crippen molar-refractivity contribution in [3.8, 4) is 34.5 Å². The normalized spacial score (nSPS) is 22.6. The van der Waals surface area contributed by atoms with Gasteiger partial charge < -0.3 is 80.7 Å². The predicted molar refractivity (Wildman–Crippen MR) is 417 cm³/mol. The maximum Gasteiger partial charge on any atom is 0.253 e. The van der Waals surface area contributed by atoms with Crippen molar-refractivity contribution in [3.05, 3.63) is 115 Å². The average molecular weight is 1660 g/mol. The molecule has 4 aromatic rings. The van der Waals surface area contributed by atoms with E-state index in [1.54, 1.807) is 34.6 Å². The van der Waals surface area contributed by atoms with Crippen LogP contribution in [0.5, 0.6) is 34.5 Å². The monoisotopic (exact) mass is 1660 g/mol. The highest BCUT2D eigenvalue weighted by Crippen LogP contribution is 2.55. The van der Waals surface area contributed by atoms with Gasteiger partial charge in [-0.15, -0.1) is 11.8 Å². The van der Waals surface area contributed by atoms with E-state index < -0.39 is 201 Å². The molecular weight excluding hydrogens is 1570 g/mol. The molecule has 3 aliphatic heterocycles. The van der Waals surface area contributed by atoms with Gasteiger partial charge in [0.05, 0.1) is 108 Å². The zero-order valence-corrected chi connectivity index (χ0v) is 66.6. The Labute approximate surface area is 674 Å². The molecule has 4 aromatic carbocycles. The van der Waals surface area contributed by atoms with E-state index >= 15 is 0 Å². The van der Waals surface area contributed by atoms with E-state index in [0.29, 0.717) is 30.1 Å². The lowest BCUT2D eigenvalue weighted by Crippen LogP contribution is -2.53. The summed E-state index contributed by atoms with van der Waals surface area (Å²) in [5.41, 5.74) is 2.64. The smallest absolute Gasteiger partial charge is 0.253 e. The Hall–Kier alpha value is -9.84. The Kier molecular flexibility index (Phi) is 30.9. The van der Waals surface area contributed by atoms with Crippen molar-refractivity contribution in [3.63, 3.8) is 0 Å². The number of fused-ring (bicyclic) bond motifs is 6. The molecule has 0 radical (unpaired) electrons. The van der Waals surface area contributed by atoms with Gasteiger partial charge in [0.2, 0.25) is 41.1 Å². The van der Waals surface area contributed by atoms with Crippen LogP contribution < -0.4 is 31.4 Å². The van der Waals surface area contributed by atoms with E-state index in [1.807, 2.05) is 0 Å². The number of likely N-dealkylation sites (tertiary alicyclic amines) is 1. The second-order valence-electron chi connectivity index (χ2n) is 27.9. The minimum absolute atomic E-state index is 0.0273. The first-order valence-corrected chi connectivity index (χ1v) is 38.7. The Bertz CT molecular complexity index is 4600. The van der Waals surface area contributed by atoms with E-state index in [1.165, 1.54) is 69.4 Å². The van der Waals surface area contributed by atoms with Gasteiger partial charge in [-0.2, -0.15) is 35.5 Å². The number of carbonyl (C=O) groups excluding carboxylic acids is 13. The van der Waals surface area contributed by atoms with Crippen LogP contribution in [0.2, 0.25) is 0 Å². The number of aromatic hydroxyl groups is 4. The van der Waals surface area contributed by atoms with Crippen LogP contribution in [0, 0.1) is 0 Å². The summed E-state index contributed by atoms with van der Waals surface area (Å²) in [4.78, 5) is 163. The summed E-state index contributed by atoms with van der Waals surface area (Å²) < 4.78 is 28.7. The number of rotatable bonds is 26. The van der Waals surface area contributed by atoms with Crippen molar-refractivity contribution in [2.24, 2.45) is 15.9 Å². The molecule has 4 aliphatic carbocycles. The first-order chi connectivity index (χ1) is 54.4. The lowest BCUT2D eigenvalue weighted by atomic mass is 9.71. The van der Waals surface area contributed by atoms with Crippen LogP contribution in [0.25, 0.3) is 0 Å². The van der Waals surface area contributed by atoms with Crippen molar-refractivity contribution in [1.29, 1.82) is 0 Å². The van der Waals surface area contributed by atoms with Crippen molar-refractivity contribution in [1.82, 2.24) is 26.0 Å². The third-order valence-corrected chi connectivity index (χ3v) is 21.4. The standard InChI is InChI=1S/C35H40N4O12S.C34H36N4O13.2C4H8OS/c1-16(2)51-20-14-35(49,22(15-40)37-38-24(42)8-10-39-25(43)12-21(34(39)48)52-11-9-23(41)36-3)13-18-27(20)33(47)29-28(31(18)45)30(44)17-6-5-7-19(50-4)26(17)32(29)46;1-14-29(43)17(35)10-24(50-14)51-19-12-34(48,20(13-39)36-37-21(40)8-9-38-22(41)6-7-23(38)42)11-16-26(19)33(47)28-27(31(16)45)30(44)15-4-3-5-18(49-2)25(15)32(28)46;2*1-4(5)2-3-6/h5-7,16,20-21,40,45,47,49H,8-15H2,1-4H3,(H,36,41)(H,38,42);3-7,14,17,19,24,29,39,43,45,47-48H,8-13,35H2,1-2H3,(H,37,40);2*6H,2-3H2,1H3/b37-22+;36-20+;;/t20-,21?,35-;14?,17?,19-,24?,29?,34-;;/m00../s1. The second kappa shape index (κ2) is 39.2. The van der Waals surface area contributed by atoms with E-state index in [9.17, 15) is 108 Å². The lowest BCUT2D eigenvalue weighted by Gasteiger charge is -2.43. The number of methoxy groups -OCH3 is 2. The van der Waals surface area contributed by atoms with Gasteiger partial charge in [-0.3, -0.25) is 72.1 Å². The number of thiol groups is 2. The summed E-state index contributed by atoms with van der Waals surface area (Å²) in [7, 11) is 4.13. The Morgan fingerprint density at radius 1 is 0.643 bits per heavy atom. The van der Waals surface area contributed by atoms with Crippen LogP contribution in [0.15, 0.2) is 58.8 Å². The van der Waals surface area contributed by atoms with Crippen LogP contribution in [0.4, 0.5) is 0 Å². The fourth-order valence-corrected chi connectivity index (χ4v) is 15.7. The maximum absolute atomic E-state index is 13.9. The first-order valence-electron chi connectivity index (χ1n) is 36.3. The van der Waals surface area contributed by atoms with Crippen molar-refractivity contribution < 1.29 is 132 Å². The first kappa shape index (κ1) is 90.7. The van der Waals surface area contributed by atoms with Crippen molar-refractivity contribution in [2.75, 3.05) is 64.8 Å². The molecule has 35 nitrogen and oxygen atoms in total. The Balaban J connectivity index is 0.000000252. The summed E-state index contributed by atoms with van der Waals surface area (Å²) in [5, 5.41) is 111. The highest BCUT2D eigenvalue weighted by Gasteiger charge is 2.52. The molecule has 115 heavy (non-hydrogen) atoms. The molecule has 0 aromatic heterocycles. The number of ether oxygens (including phenoxy) is 5. The number of thioether (sulfide) groups is 1. The number of ketones is 6. The summed E-state index contributed by atoms with van der Waals surface area (Å²) in [6, 6.07) is 7.90. The number of nitrogens with two attached hydrogens (primary N) is 1. The zero-order chi connectivity index (χ0) is 85.0. The van der Waals surface area contributed by atoms with Crippen LogP contribution in [0.1, 0.15) is 191 Å². The molecule has 9 atom stereocenters. The zero-order valence-electron chi connectivity index (χ0n) is 64.0. The molecule has 0 saturated carbocycles. The second-order valence-corrected chi connectivity index (χ2v) is 30.1. The highest BCUT2D eigenvalue weighted by atomic mass is 32.2. The largest absolute Gasteiger partial charge is 0.507 e. The summed E-state index contributed by atoms with van der Waals surface area (Å²) >= 11 is 8.86. The minimum atomic E-state index is -2.21. The lowest BCUT2D eigenvalue weighted by molar-refractivity contribution is -0.245. The number of nitrogens with one attached hydrogen (secondary N) is 3. The topological polar surface area (TPSA) is 543 Å². The third kappa shape index (κ3) is 20.0. The van der Waals surface area contributed by atoms with Gasteiger partial charge in [-0.05, 0) is 58.3 Å².